The first-order valence-electron chi connectivity index (χ1n) is 10.6. The molecule has 0 aliphatic carbocycles. The summed E-state index contributed by atoms with van der Waals surface area (Å²) in [4.78, 5) is 0. The van der Waals surface area contributed by atoms with Crippen molar-refractivity contribution < 1.29 is 61.9 Å². The molecule has 40 heavy (non-hydrogen) atoms. The van der Waals surface area contributed by atoms with Gasteiger partial charge in [-0.15, -0.1) is 9.36 Å². The standard InChI is InChI=1S/C22H16F6N3O.CHF3O3S/c1-30-20(16-8-17(21(23,24)25)11-18(9-16)22(26,27)28)12-31(29-30)13-32-19-7-6-14-4-2-3-5-15(14)10-19;2-1(3,4)8(5,6)7/h2-12H,13H2,1H3;(H,5,6,7)/q+1;/p-1. The van der Waals surface area contributed by atoms with E-state index in [9.17, 15) is 39.5 Å². The lowest BCUT2D eigenvalue weighted by Crippen LogP contribution is -2.38. The first kappa shape index (κ1) is 30.7. The molecule has 4 aromatic rings. The van der Waals surface area contributed by atoms with Gasteiger partial charge in [-0.2, -0.15) is 39.5 Å². The monoisotopic (exact) mass is 601 g/mol. The van der Waals surface area contributed by atoms with E-state index in [4.69, 9.17) is 17.7 Å². The molecule has 0 fully saturated rings. The second kappa shape index (κ2) is 11.0. The molecule has 3 aromatic carbocycles. The highest BCUT2D eigenvalue weighted by atomic mass is 32.2. The molecule has 7 nitrogen and oxygen atoms in total. The van der Waals surface area contributed by atoms with Crippen LogP contribution in [-0.2, 0) is 36.2 Å². The van der Waals surface area contributed by atoms with E-state index in [1.54, 1.807) is 6.07 Å². The minimum absolute atomic E-state index is 0.0729. The van der Waals surface area contributed by atoms with Crippen molar-refractivity contribution in [2.75, 3.05) is 0 Å². The average molecular weight is 601 g/mol. The molecule has 0 aliphatic heterocycles. The van der Waals surface area contributed by atoms with E-state index < -0.39 is 39.1 Å². The maximum absolute atomic E-state index is 13.2. The Kier molecular flexibility index (Phi) is 8.40. The molecule has 1 heterocycles. The summed E-state index contributed by atoms with van der Waals surface area (Å²) in [6.45, 7) is -0.0860. The fourth-order valence-electron chi connectivity index (χ4n) is 3.30. The van der Waals surface area contributed by atoms with E-state index >= 15 is 0 Å². The van der Waals surface area contributed by atoms with Gasteiger partial charge in [0.25, 0.3) is 6.73 Å². The fourth-order valence-corrected chi connectivity index (χ4v) is 3.30. The second-order valence-corrected chi connectivity index (χ2v) is 9.41. The molecular weight excluding hydrogens is 585 g/mol. The van der Waals surface area contributed by atoms with Crippen LogP contribution >= 0.6 is 0 Å². The summed E-state index contributed by atoms with van der Waals surface area (Å²) in [6, 6.07) is 14.5. The quantitative estimate of drug-likeness (QED) is 0.131. The summed E-state index contributed by atoms with van der Waals surface area (Å²) in [5.74, 6) is 0.543. The van der Waals surface area contributed by atoms with E-state index in [0.29, 0.717) is 17.9 Å². The number of aromatic nitrogens is 3. The minimum Gasteiger partial charge on any atom is -0.741 e. The number of hydrogen-bond acceptors (Lipinski definition) is 5. The number of aryl methyl sites for hydroxylation is 1. The van der Waals surface area contributed by atoms with Crippen molar-refractivity contribution in [1.29, 1.82) is 0 Å². The van der Waals surface area contributed by atoms with Gasteiger partial charge in [0, 0.05) is 5.56 Å². The SMILES string of the molecule is Cn1n[n+](COc2ccc3ccccc3c2)cc1-c1cc(C(F)(F)F)cc(C(F)(F)F)c1.O=S(=O)([O-])C(F)(F)F. The van der Waals surface area contributed by atoms with Crippen molar-refractivity contribution in [2.45, 2.75) is 24.6 Å². The number of benzene rings is 3. The van der Waals surface area contributed by atoms with Crippen molar-refractivity contribution in [3.8, 4) is 17.0 Å². The van der Waals surface area contributed by atoms with Gasteiger partial charge in [-0.25, -0.2) is 8.42 Å². The van der Waals surface area contributed by atoms with Gasteiger partial charge >= 0.3 is 17.9 Å². The Morgan fingerprint density at radius 2 is 1.38 bits per heavy atom. The van der Waals surface area contributed by atoms with Gasteiger partial charge in [-0.1, -0.05) is 30.3 Å². The van der Waals surface area contributed by atoms with Crippen molar-refractivity contribution >= 4 is 20.9 Å². The Hall–Kier alpha value is -3.86. The highest BCUT2D eigenvalue weighted by Gasteiger charge is 2.38. The van der Waals surface area contributed by atoms with Crippen LogP contribution in [-0.4, -0.2) is 28.4 Å². The lowest BCUT2D eigenvalue weighted by atomic mass is 10.0. The van der Waals surface area contributed by atoms with Gasteiger partial charge < -0.3 is 9.29 Å². The summed E-state index contributed by atoms with van der Waals surface area (Å²) < 4.78 is 146. The van der Waals surface area contributed by atoms with Crippen molar-refractivity contribution in [3.05, 3.63) is 78.0 Å². The number of rotatable bonds is 4. The smallest absolute Gasteiger partial charge is 0.485 e. The Bertz CT molecular complexity index is 1580. The molecule has 1 aromatic heterocycles. The topological polar surface area (TPSA) is 88.1 Å². The highest BCUT2D eigenvalue weighted by Crippen LogP contribution is 2.38. The highest BCUT2D eigenvalue weighted by molar-refractivity contribution is 7.86. The number of fused-ring (bicyclic) bond motifs is 1. The summed E-state index contributed by atoms with van der Waals surface area (Å²) in [6.07, 6.45) is -8.52. The van der Waals surface area contributed by atoms with E-state index in [0.717, 1.165) is 10.8 Å². The van der Waals surface area contributed by atoms with Crippen LogP contribution in [0.4, 0.5) is 39.5 Å². The van der Waals surface area contributed by atoms with E-state index in [2.05, 4.69) is 5.21 Å². The van der Waals surface area contributed by atoms with Crippen LogP contribution in [0.5, 0.6) is 5.75 Å². The zero-order chi connectivity index (χ0) is 30.1. The number of halogens is 9. The summed E-state index contributed by atoms with van der Waals surface area (Å²) in [5.41, 5.74) is -8.60. The van der Waals surface area contributed by atoms with Crippen molar-refractivity contribution in [3.63, 3.8) is 0 Å². The number of nitrogens with zero attached hydrogens (tertiary/aromatic N) is 3. The number of hydrogen-bond donors (Lipinski definition) is 0. The van der Waals surface area contributed by atoms with Crippen LogP contribution in [0, 0.1) is 0 Å². The molecule has 0 unspecified atom stereocenters. The molecule has 216 valence electrons. The van der Waals surface area contributed by atoms with E-state index in [-0.39, 0.29) is 24.1 Å². The second-order valence-electron chi connectivity index (χ2n) is 8.04. The zero-order valence-corrected chi connectivity index (χ0v) is 20.7. The largest absolute Gasteiger partial charge is 0.741 e. The van der Waals surface area contributed by atoms with Crippen LogP contribution in [0.15, 0.2) is 66.9 Å². The summed E-state index contributed by atoms with van der Waals surface area (Å²) in [5, 5.41) is 6.08. The van der Waals surface area contributed by atoms with Gasteiger partial charge in [0.05, 0.1) is 16.3 Å². The molecule has 0 atom stereocenters. The molecule has 0 aliphatic rings. The van der Waals surface area contributed by atoms with Crippen LogP contribution in [0.3, 0.4) is 0 Å². The zero-order valence-electron chi connectivity index (χ0n) is 19.8. The third-order valence-corrected chi connectivity index (χ3v) is 5.69. The molecule has 0 spiro atoms. The summed E-state index contributed by atoms with van der Waals surface area (Å²) >= 11 is 0. The predicted octanol–water partition coefficient (Wildman–Crippen LogP) is 5.65. The van der Waals surface area contributed by atoms with Crippen molar-refractivity contribution in [2.24, 2.45) is 7.05 Å². The van der Waals surface area contributed by atoms with Crippen LogP contribution in [0.1, 0.15) is 11.1 Å². The van der Waals surface area contributed by atoms with Crippen LogP contribution in [0.2, 0.25) is 0 Å². The molecule has 17 heteroatoms. The lowest BCUT2D eigenvalue weighted by Gasteiger charge is -2.13. The van der Waals surface area contributed by atoms with Gasteiger partial charge in [-0.3, -0.25) is 0 Å². The molecule has 0 N–H and O–H groups in total. The molecule has 0 saturated heterocycles. The first-order chi connectivity index (χ1) is 18.3. The van der Waals surface area contributed by atoms with Gasteiger partial charge in [0.15, 0.2) is 22.0 Å². The van der Waals surface area contributed by atoms with Crippen LogP contribution in [0.25, 0.3) is 22.0 Å². The fraction of sp³-hybridized carbons (Fsp3) is 0.217. The Morgan fingerprint density at radius 3 is 1.88 bits per heavy atom. The molecular formula is C23H16F9N3O4S. The maximum Gasteiger partial charge on any atom is 0.485 e. The van der Waals surface area contributed by atoms with Crippen molar-refractivity contribution in [1.82, 2.24) is 9.90 Å². The normalized spacial score (nSPS) is 12.7. The Balaban J connectivity index is 0.000000482. The third kappa shape index (κ3) is 7.62. The predicted molar refractivity (Wildman–Crippen MR) is 119 cm³/mol. The van der Waals surface area contributed by atoms with Gasteiger partial charge in [0.2, 0.25) is 0 Å². The average Bonchev–Trinajstić information content (AvgIpc) is 3.21. The lowest BCUT2D eigenvalue weighted by molar-refractivity contribution is -0.779. The molecule has 0 radical (unpaired) electrons. The maximum atomic E-state index is 13.2. The number of ether oxygens (including phenoxy) is 1. The Morgan fingerprint density at radius 1 is 0.850 bits per heavy atom. The molecule has 0 bridgehead atoms. The molecule has 0 saturated carbocycles. The number of alkyl halides is 9. The first-order valence-corrected chi connectivity index (χ1v) is 12.0. The van der Waals surface area contributed by atoms with Gasteiger partial charge in [-0.05, 0) is 41.1 Å². The van der Waals surface area contributed by atoms with Gasteiger partial charge in [0.1, 0.15) is 12.8 Å². The minimum atomic E-state index is -6.09. The summed E-state index contributed by atoms with van der Waals surface area (Å²) in [7, 11) is -4.66. The van der Waals surface area contributed by atoms with E-state index in [1.807, 2.05) is 36.4 Å². The van der Waals surface area contributed by atoms with Crippen LogP contribution < -0.4 is 9.42 Å². The van der Waals surface area contributed by atoms with E-state index in [1.165, 1.54) is 22.6 Å². The third-order valence-electron chi connectivity index (χ3n) is 5.12. The molecule has 0 amide bonds. The Labute approximate surface area is 219 Å². The molecule has 4 rings (SSSR count).